The Labute approximate surface area is 188 Å². The largest absolute Gasteiger partial charge is 0.497 e. The van der Waals surface area contributed by atoms with Gasteiger partial charge in [0.25, 0.3) is 0 Å². The maximum atomic E-state index is 10.9. The Balaban J connectivity index is 1.22. The number of β-amino-alcohol motifs (C(OH)–C–C–N with tert-alkyl or cyclic N) is 1. The zero-order chi connectivity index (χ0) is 22.1. The lowest BCUT2D eigenvalue weighted by molar-refractivity contribution is -0.0588. The normalized spacial score (nSPS) is 23.0. The van der Waals surface area contributed by atoms with Gasteiger partial charge in [-0.2, -0.15) is 0 Å². The lowest BCUT2D eigenvalue weighted by Crippen LogP contribution is -2.51. The summed E-state index contributed by atoms with van der Waals surface area (Å²) < 4.78 is 23.2. The molecule has 2 aromatic carbocycles. The molecule has 3 aliphatic heterocycles. The number of hydrogen-bond donors (Lipinski definition) is 2. The summed E-state index contributed by atoms with van der Waals surface area (Å²) in [4.78, 5) is 2.26. The Morgan fingerprint density at radius 3 is 2.62 bits per heavy atom. The quantitative estimate of drug-likeness (QED) is 0.754. The molecule has 0 saturated carbocycles. The van der Waals surface area contributed by atoms with E-state index in [0.717, 1.165) is 55.0 Å². The number of aliphatic hydroxyl groups excluding tert-OH is 2. The van der Waals surface area contributed by atoms with Crippen LogP contribution in [0.1, 0.15) is 49.0 Å². The molecule has 2 atom stereocenters. The highest BCUT2D eigenvalue weighted by Gasteiger charge is 2.43. The number of likely N-dealkylation sites (tertiary alicyclic amines) is 1. The van der Waals surface area contributed by atoms with Gasteiger partial charge in [0.05, 0.1) is 32.5 Å². The van der Waals surface area contributed by atoms with Gasteiger partial charge in [-0.25, -0.2) is 0 Å². The average molecular weight is 442 g/mol. The van der Waals surface area contributed by atoms with Gasteiger partial charge < -0.3 is 34.1 Å². The van der Waals surface area contributed by atoms with Crippen molar-refractivity contribution in [2.75, 3.05) is 40.0 Å². The number of fused-ring (bicyclic) bond motifs is 2. The second-order valence-electron chi connectivity index (χ2n) is 8.98. The summed E-state index contributed by atoms with van der Waals surface area (Å²) in [5, 5.41) is 21.6. The van der Waals surface area contributed by atoms with Gasteiger partial charge in [0.1, 0.15) is 17.1 Å². The number of hydrogen-bond acceptors (Lipinski definition) is 7. The molecule has 3 aliphatic rings. The van der Waals surface area contributed by atoms with Gasteiger partial charge >= 0.3 is 0 Å². The van der Waals surface area contributed by atoms with E-state index in [-0.39, 0.29) is 5.60 Å². The number of methoxy groups -OCH3 is 1. The first kappa shape index (κ1) is 21.4. The molecule has 5 rings (SSSR count). The van der Waals surface area contributed by atoms with E-state index in [1.54, 1.807) is 7.11 Å². The molecule has 7 heteroatoms. The minimum absolute atomic E-state index is 0.379. The number of rotatable bonds is 4. The molecule has 2 aromatic rings. The fourth-order valence-corrected chi connectivity index (χ4v) is 4.93. The van der Waals surface area contributed by atoms with Gasteiger partial charge in [-0.3, -0.25) is 0 Å². The van der Waals surface area contributed by atoms with Crippen LogP contribution in [0.3, 0.4) is 0 Å². The first-order valence-corrected chi connectivity index (χ1v) is 11.4. The number of ether oxygens (including phenoxy) is 4. The third-order valence-electron chi connectivity index (χ3n) is 6.83. The van der Waals surface area contributed by atoms with Crippen molar-refractivity contribution >= 4 is 0 Å². The predicted molar refractivity (Wildman–Crippen MR) is 119 cm³/mol. The Hall–Kier alpha value is -2.48. The molecule has 7 nitrogen and oxygen atoms in total. The fraction of sp³-hybridized carbons (Fsp3) is 0.520. The fourth-order valence-electron chi connectivity index (χ4n) is 4.93. The van der Waals surface area contributed by atoms with Crippen molar-refractivity contribution < 1.29 is 29.2 Å². The minimum Gasteiger partial charge on any atom is -0.497 e. The summed E-state index contributed by atoms with van der Waals surface area (Å²) in [7, 11) is 1.63. The third kappa shape index (κ3) is 4.25. The van der Waals surface area contributed by atoms with E-state index < -0.39 is 12.2 Å². The highest BCUT2D eigenvalue weighted by Crippen LogP contribution is 2.45. The molecule has 0 aliphatic carbocycles. The molecular weight excluding hydrogens is 410 g/mol. The number of nitrogens with zero attached hydrogens (tertiary/aromatic N) is 1. The number of benzene rings is 2. The molecule has 1 saturated heterocycles. The van der Waals surface area contributed by atoms with Crippen molar-refractivity contribution in [2.45, 2.75) is 43.5 Å². The van der Waals surface area contributed by atoms with Crippen LogP contribution in [0.5, 0.6) is 23.0 Å². The monoisotopic (exact) mass is 441 g/mol. The molecule has 1 spiro atoms. The van der Waals surface area contributed by atoms with Crippen molar-refractivity contribution in [3.63, 3.8) is 0 Å². The maximum absolute atomic E-state index is 10.9. The van der Waals surface area contributed by atoms with E-state index in [9.17, 15) is 10.2 Å². The van der Waals surface area contributed by atoms with Crippen LogP contribution >= 0.6 is 0 Å². The molecule has 32 heavy (non-hydrogen) atoms. The highest BCUT2D eigenvalue weighted by atomic mass is 16.5. The topological polar surface area (TPSA) is 80.6 Å². The van der Waals surface area contributed by atoms with E-state index in [2.05, 4.69) is 4.90 Å². The maximum Gasteiger partial charge on any atom is 0.161 e. The van der Waals surface area contributed by atoms with Crippen LogP contribution < -0.4 is 18.9 Å². The number of piperidine rings is 1. The van der Waals surface area contributed by atoms with E-state index in [4.69, 9.17) is 18.9 Å². The zero-order valence-electron chi connectivity index (χ0n) is 18.5. The van der Waals surface area contributed by atoms with Gasteiger partial charge in [0.15, 0.2) is 11.5 Å². The Morgan fingerprint density at radius 2 is 1.84 bits per heavy atom. The van der Waals surface area contributed by atoms with Crippen LogP contribution in [0, 0.1) is 0 Å². The van der Waals surface area contributed by atoms with Crippen LogP contribution in [-0.2, 0) is 0 Å². The molecule has 2 N–H and O–H groups in total. The van der Waals surface area contributed by atoms with Crippen molar-refractivity contribution in [3.8, 4) is 23.0 Å². The molecule has 0 unspecified atom stereocenters. The van der Waals surface area contributed by atoms with Crippen LogP contribution in [-0.4, -0.2) is 60.7 Å². The third-order valence-corrected chi connectivity index (χ3v) is 6.83. The van der Waals surface area contributed by atoms with Gasteiger partial charge in [0.2, 0.25) is 0 Å². The summed E-state index contributed by atoms with van der Waals surface area (Å²) in [5.74, 6) is 2.88. The van der Waals surface area contributed by atoms with Crippen LogP contribution in [0.2, 0.25) is 0 Å². The van der Waals surface area contributed by atoms with Gasteiger partial charge in [-0.05, 0) is 42.7 Å². The molecule has 0 aromatic heterocycles. The summed E-state index contributed by atoms with van der Waals surface area (Å²) in [6.45, 7) is 3.42. The molecule has 0 amide bonds. The summed E-state index contributed by atoms with van der Waals surface area (Å²) in [6.07, 6.45) is 1.90. The molecule has 1 fully saturated rings. The van der Waals surface area contributed by atoms with Gasteiger partial charge in [-0.1, -0.05) is 6.07 Å². The van der Waals surface area contributed by atoms with Crippen molar-refractivity contribution in [1.29, 1.82) is 0 Å². The standard InChI is InChI=1S/C25H31NO6/c1-29-18-4-5-19-20(27)15-25(32-23(19)14-18)7-9-26(10-8-25)16-21(28)17-3-6-22-24(13-17)31-12-2-11-30-22/h3-6,13-14,20-21,27-28H,2,7-12,15-16H2,1H3/t20-,21-/m1/s1. The Morgan fingerprint density at radius 1 is 1.06 bits per heavy atom. The van der Waals surface area contributed by atoms with E-state index >= 15 is 0 Å². The molecular formula is C25H31NO6. The highest BCUT2D eigenvalue weighted by molar-refractivity contribution is 5.45. The van der Waals surface area contributed by atoms with E-state index in [1.165, 1.54) is 0 Å². The SMILES string of the molecule is COc1ccc2c(c1)OC1(CCN(C[C@@H](O)c3ccc4c(c3)OCCCO4)CC1)C[C@H]2O. The number of aliphatic hydroxyl groups is 2. The Kier molecular flexibility index (Phi) is 5.88. The minimum atomic E-state index is -0.607. The van der Waals surface area contributed by atoms with E-state index in [1.807, 2.05) is 36.4 Å². The van der Waals surface area contributed by atoms with Crippen LogP contribution in [0.4, 0.5) is 0 Å². The van der Waals surface area contributed by atoms with Crippen LogP contribution in [0.15, 0.2) is 36.4 Å². The predicted octanol–water partition coefficient (Wildman–Crippen LogP) is 3.24. The summed E-state index contributed by atoms with van der Waals surface area (Å²) in [6, 6.07) is 11.3. The first-order chi connectivity index (χ1) is 15.5. The second kappa shape index (κ2) is 8.81. The first-order valence-electron chi connectivity index (χ1n) is 11.4. The van der Waals surface area contributed by atoms with Crippen molar-refractivity contribution in [2.24, 2.45) is 0 Å². The van der Waals surface area contributed by atoms with Crippen LogP contribution in [0.25, 0.3) is 0 Å². The van der Waals surface area contributed by atoms with Gasteiger partial charge in [-0.15, -0.1) is 0 Å². The molecule has 0 radical (unpaired) electrons. The van der Waals surface area contributed by atoms with E-state index in [0.29, 0.717) is 37.7 Å². The summed E-state index contributed by atoms with van der Waals surface area (Å²) in [5.41, 5.74) is 1.28. The zero-order valence-corrected chi connectivity index (χ0v) is 18.5. The van der Waals surface area contributed by atoms with Crippen molar-refractivity contribution in [3.05, 3.63) is 47.5 Å². The lowest BCUT2D eigenvalue weighted by Gasteiger charge is -2.46. The second-order valence-corrected chi connectivity index (χ2v) is 8.98. The smallest absolute Gasteiger partial charge is 0.161 e. The molecule has 0 bridgehead atoms. The Bertz CT molecular complexity index is 955. The summed E-state index contributed by atoms with van der Waals surface area (Å²) >= 11 is 0. The lowest BCUT2D eigenvalue weighted by atomic mass is 9.81. The van der Waals surface area contributed by atoms with Gasteiger partial charge in [0, 0.05) is 44.1 Å². The average Bonchev–Trinajstić information content (AvgIpc) is 3.05. The molecule has 172 valence electrons. The molecule has 3 heterocycles. The van der Waals surface area contributed by atoms with Crippen molar-refractivity contribution in [1.82, 2.24) is 4.90 Å².